The number of ether oxygens (including phenoxy) is 1. The molecule has 0 aromatic heterocycles. The number of cyclic esters (lactones) is 1. The van der Waals surface area contributed by atoms with E-state index in [1.165, 1.54) is 0 Å². The van der Waals surface area contributed by atoms with Crippen LogP contribution < -0.4 is 0 Å². The Morgan fingerprint density at radius 3 is 2.71 bits per heavy atom. The maximum Gasteiger partial charge on any atom is 0.308 e. The largest absolute Gasteiger partial charge is 0.462 e. The number of hydrogen-bond acceptors (Lipinski definition) is 4. The molecule has 4 nitrogen and oxygen atoms in total. The van der Waals surface area contributed by atoms with Crippen LogP contribution in [0.15, 0.2) is 23.8 Å². The molecule has 0 amide bonds. The highest BCUT2D eigenvalue weighted by atomic mass is 16.5. The first-order valence-corrected chi connectivity index (χ1v) is 7.91. The lowest BCUT2D eigenvalue weighted by Gasteiger charge is -2.45. The molecule has 0 bridgehead atoms. The van der Waals surface area contributed by atoms with Crippen LogP contribution in [0, 0.1) is 23.7 Å². The Morgan fingerprint density at radius 1 is 1.24 bits per heavy atom. The van der Waals surface area contributed by atoms with Gasteiger partial charge in [0.15, 0.2) is 0 Å². The van der Waals surface area contributed by atoms with Crippen molar-refractivity contribution in [3.8, 4) is 0 Å². The van der Waals surface area contributed by atoms with E-state index in [4.69, 9.17) is 4.74 Å². The number of fused-ring (bicyclic) bond motifs is 1. The molecule has 2 aliphatic carbocycles. The van der Waals surface area contributed by atoms with E-state index < -0.39 is 12.2 Å². The first-order chi connectivity index (χ1) is 9.95. The maximum absolute atomic E-state index is 11.6. The predicted octanol–water partition coefficient (Wildman–Crippen LogP) is 1.82. The summed E-state index contributed by atoms with van der Waals surface area (Å²) in [6.45, 7) is 4.20. The second-order valence-electron chi connectivity index (χ2n) is 6.89. The number of aliphatic hydroxyl groups excluding tert-OH is 2. The lowest BCUT2D eigenvalue weighted by atomic mass is 9.64. The molecule has 7 unspecified atom stereocenters. The molecule has 0 aromatic carbocycles. The smallest absolute Gasteiger partial charge is 0.308 e. The van der Waals surface area contributed by atoms with E-state index in [9.17, 15) is 15.0 Å². The van der Waals surface area contributed by atoms with Crippen molar-refractivity contribution in [2.75, 3.05) is 0 Å². The van der Waals surface area contributed by atoms with Crippen molar-refractivity contribution >= 4 is 5.97 Å². The third-order valence-electron chi connectivity index (χ3n) is 5.12. The fraction of sp³-hybridized carbons (Fsp3) is 0.706. The lowest BCUT2D eigenvalue weighted by Crippen LogP contribution is -2.48. The van der Waals surface area contributed by atoms with Crippen LogP contribution in [-0.4, -0.2) is 34.5 Å². The van der Waals surface area contributed by atoms with Crippen LogP contribution in [0.25, 0.3) is 0 Å². The van der Waals surface area contributed by atoms with Crippen LogP contribution in [-0.2, 0) is 9.53 Å². The Morgan fingerprint density at radius 2 is 2.00 bits per heavy atom. The van der Waals surface area contributed by atoms with Gasteiger partial charge >= 0.3 is 5.97 Å². The molecule has 0 aromatic rings. The van der Waals surface area contributed by atoms with E-state index in [1.54, 1.807) is 0 Å². The maximum atomic E-state index is 11.6. The molecule has 116 valence electrons. The third kappa shape index (κ3) is 2.79. The molecule has 0 radical (unpaired) electrons. The van der Waals surface area contributed by atoms with Gasteiger partial charge in [-0.05, 0) is 23.8 Å². The Bertz CT molecular complexity index is 481. The fourth-order valence-electron chi connectivity index (χ4n) is 4.24. The van der Waals surface area contributed by atoms with Gasteiger partial charge in [0.1, 0.15) is 6.10 Å². The second-order valence-corrected chi connectivity index (χ2v) is 6.89. The Kier molecular flexibility index (Phi) is 3.93. The summed E-state index contributed by atoms with van der Waals surface area (Å²) in [6.07, 6.45) is 6.41. The molecule has 4 heteroatoms. The summed E-state index contributed by atoms with van der Waals surface area (Å²) in [5.41, 5.74) is 1.15. The topological polar surface area (TPSA) is 66.8 Å². The van der Waals surface area contributed by atoms with Crippen LogP contribution in [0.2, 0.25) is 0 Å². The minimum absolute atomic E-state index is 0.00398. The number of esters is 1. The molecule has 0 spiro atoms. The average molecular weight is 292 g/mol. The second kappa shape index (κ2) is 5.58. The summed E-state index contributed by atoms with van der Waals surface area (Å²) < 4.78 is 5.52. The number of allylic oxidation sites excluding steroid dienone is 3. The molecular weight excluding hydrogens is 268 g/mol. The zero-order chi connectivity index (χ0) is 15.1. The van der Waals surface area contributed by atoms with E-state index in [0.29, 0.717) is 12.3 Å². The quantitative estimate of drug-likeness (QED) is 0.723. The molecule has 1 heterocycles. The minimum Gasteiger partial charge on any atom is -0.462 e. The van der Waals surface area contributed by atoms with Gasteiger partial charge in [0, 0.05) is 18.3 Å². The molecule has 1 aliphatic heterocycles. The molecular formula is C17H24O4. The van der Waals surface area contributed by atoms with Crippen LogP contribution >= 0.6 is 0 Å². The van der Waals surface area contributed by atoms with Crippen molar-refractivity contribution in [1.29, 1.82) is 0 Å². The standard InChI is InChI=1S/C17H24O4/c1-9-5-11-4-3-10(2)16(17(11)13(19)6-9)14-7-12(18)8-15(20)21-14/h3-5,9-10,12-14,16-19H,6-8H2,1-2H3. The summed E-state index contributed by atoms with van der Waals surface area (Å²) in [7, 11) is 0. The van der Waals surface area contributed by atoms with Gasteiger partial charge in [-0.3, -0.25) is 4.79 Å². The third-order valence-corrected chi connectivity index (χ3v) is 5.12. The van der Waals surface area contributed by atoms with E-state index in [0.717, 1.165) is 12.0 Å². The van der Waals surface area contributed by atoms with Gasteiger partial charge in [0.2, 0.25) is 0 Å². The summed E-state index contributed by atoms with van der Waals surface area (Å²) in [5.74, 6) is 0.305. The van der Waals surface area contributed by atoms with Gasteiger partial charge in [-0.2, -0.15) is 0 Å². The fourth-order valence-corrected chi connectivity index (χ4v) is 4.24. The van der Waals surface area contributed by atoms with Gasteiger partial charge in [-0.1, -0.05) is 32.1 Å². The van der Waals surface area contributed by atoms with Crippen molar-refractivity contribution in [2.24, 2.45) is 23.7 Å². The van der Waals surface area contributed by atoms with Crippen LogP contribution in [0.4, 0.5) is 0 Å². The van der Waals surface area contributed by atoms with Crippen LogP contribution in [0.5, 0.6) is 0 Å². The highest BCUT2D eigenvalue weighted by molar-refractivity contribution is 5.71. The summed E-state index contributed by atoms with van der Waals surface area (Å²) in [6, 6.07) is 0. The summed E-state index contributed by atoms with van der Waals surface area (Å²) in [4.78, 5) is 11.6. The minimum atomic E-state index is -0.624. The number of rotatable bonds is 1. The average Bonchev–Trinajstić information content (AvgIpc) is 2.38. The normalized spacial score (nSPS) is 46.6. The molecule has 21 heavy (non-hydrogen) atoms. The van der Waals surface area contributed by atoms with Crippen LogP contribution in [0.1, 0.15) is 33.1 Å². The van der Waals surface area contributed by atoms with Crippen molar-refractivity contribution < 1.29 is 19.7 Å². The zero-order valence-corrected chi connectivity index (χ0v) is 12.6. The van der Waals surface area contributed by atoms with Crippen molar-refractivity contribution in [2.45, 2.75) is 51.4 Å². The Hall–Kier alpha value is -1.13. The van der Waals surface area contributed by atoms with Gasteiger partial charge < -0.3 is 14.9 Å². The molecule has 0 saturated carbocycles. The summed E-state index contributed by atoms with van der Waals surface area (Å²) >= 11 is 0. The number of hydrogen-bond donors (Lipinski definition) is 2. The van der Waals surface area contributed by atoms with Gasteiger partial charge in [0.05, 0.1) is 18.6 Å². The zero-order valence-electron chi connectivity index (χ0n) is 12.6. The first kappa shape index (κ1) is 14.8. The SMILES string of the molecule is CC1C=C2C=CC(C)C(C3CC(O)CC(=O)O3)C2C(O)C1. The van der Waals surface area contributed by atoms with Crippen LogP contribution in [0.3, 0.4) is 0 Å². The number of carbonyl (C=O) groups excluding carboxylic acids is 1. The first-order valence-electron chi connectivity index (χ1n) is 7.91. The highest BCUT2D eigenvalue weighted by Gasteiger charge is 2.45. The Balaban J connectivity index is 1.91. The van der Waals surface area contributed by atoms with E-state index in [2.05, 4.69) is 32.1 Å². The van der Waals surface area contributed by atoms with Crippen molar-refractivity contribution in [3.05, 3.63) is 23.8 Å². The van der Waals surface area contributed by atoms with Crippen molar-refractivity contribution in [1.82, 2.24) is 0 Å². The van der Waals surface area contributed by atoms with Gasteiger partial charge in [-0.25, -0.2) is 0 Å². The van der Waals surface area contributed by atoms with Crippen molar-refractivity contribution in [3.63, 3.8) is 0 Å². The molecule has 3 aliphatic rings. The van der Waals surface area contributed by atoms with Gasteiger partial charge in [0.25, 0.3) is 0 Å². The summed E-state index contributed by atoms with van der Waals surface area (Å²) in [5, 5.41) is 20.4. The van der Waals surface area contributed by atoms with E-state index >= 15 is 0 Å². The van der Waals surface area contributed by atoms with E-state index in [-0.39, 0.29) is 36.2 Å². The monoisotopic (exact) mass is 292 g/mol. The van der Waals surface area contributed by atoms with E-state index in [1.807, 2.05) is 0 Å². The molecule has 2 N–H and O–H groups in total. The number of carbonyl (C=O) groups is 1. The molecule has 7 atom stereocenters. The lowest BCUT2D eigenvalue weighted by molar-refractivity contribution is -0.168. The molecule has 1 fully saturated rings. The molecule has 3 rings (SSSR count). The molecule has 1 saturated heterocycles. The number of aliphatic hydroxyl groups is 2. The highest BCUT2D eigenvalue weighted by Crippen LogP contribution is 2.45. The Labute approximate surface area is 125 Å². The van der Waals surface area contributed by atoms with Gasteiger partial charge in [-0.15, -0.1) is 0 Å². The predicted molar refractivity (Wildman–Crippen MR) is 78.3 cm³/mol.